The van der Waals surface area contributed by atoms with Crippen molar-refractivity contribution >= 4 is 11.8 Å². The number of carbonyl (C=O) groups excluding carboxylic acids is 2. The SMILES string of the molecule is CC(=O)N1CC(O)CC2(CCN(C(=O)CCc3cc(C)cc(C)c3)CC2)C1. The van der Waals surface area contributed by atoms with E-state index in [1.165, 1.54) is 16.7 Å². The van der Waals surface area contributed by atoms with Gasteiger partial charge in [0.25, 0.3) is 0 Å². The summed E-state index contributed by atoms with van der Waals surface area (Å²) in [5, 5.41) is 10.2. The minimum Gasteiger partial charge on any atom is -0.391 e. The summed E-state index contributed by atoms with van der Waals surface area (Å²) in [5.41, 5.74) is 3.67. The number of likely N-dealkylation sites (tertiary alicyclic amines) is 2. The molecule has 3 rings (SSSR count). The van der Waals surface area contributed by atoms with E-state index in [9.17, 15) is 14.7 Å². The number of aryl methyl sites for hydroxylation is 3. The average molecular weight is 373 g/mol. The number of aliphatic hydroxyl groups excluding tert-OH is 1. The van der Waals surface area contributed by atoms with Gasteiger partial charge in [-0.25, -0.2) is 0 Å². The maximum absolute atomic E-state index is 12.7. The van der Waals surface area contributed by atoms with Gasteiger partial charge >= 0.3 is 0 Å². The van der Waals surface area contributed by atoms with Crippen molar-refractivity contribution in [1.29, 1.82) is 0 Å². The summed E-state index contributed by atoms with van der Waals surface area (Å²) in [6, 6.07) is 6.47. The average Bonchev–Trinajstić information content (AvgIpc) is 2.59. The predicted molar refractivity (Wildman–Crippen MR) is 105 cm³/mol. The van der Waals surface area contributed by atoms with Crippen LogP contribution < -0.4 is 0 Å². The van der Waals surface area contributed by atoms with E-state index in [0.29, 0.717) is 19.5 Å². The first-order valence-electron chi connectivity index (χ1n) is 10.0. The van der Waals surface area contributed by atoms with E-state index >= 15 is 0 Å². The first kappa shape index (κ1) is 19.9. The van der Waals surface area contributed by atoms with Gasteiger partial charge in [-0.1, -0.05) is 29.3 Å². The maximum atomic E-state index is 12.7. The quantitative estimate of drug-likeness (QED) is 0.887. The fourth-order valence-corrected chi connectivity index (χ4v) is 4.81. The highest BCUT2D eigenvalue weighted by Gasteiger charge is 2.42. The third-order valence-corrected chi connectivity index (χ3v) is 6.16. The van der Waals surface area contributed by atoms with Gasteiger partial charge in [-0.2, -0.15) is 0 Å². The third kappa shape index (κ3) is 4.89. The molecule has 1 atom stereocenters. The van der Waals surface area contributed by atoms with Crippen LogP contribution in [0.4, 0.5) is 0 Å². The zero-order chi connectivity index (χ0) is 19.6. The van der Waals surface area contributed by atoms with Crippen LogP contribution in [0, 0.1) is 19.3 Å². The Kier molecular flexibility index (Phi) is 5.89. The van der Waals surface area contributed by atoms with Gasteiger partial charge < -0.3 is 14.9 Å². The minimum absolute atomic E-state index is 0.0279. The fraction of sp³-hybridized carbons (Fsp3) is 0.636. The van der Waals surface area contributed by atoms with Crippen LogP contribution in [0.25, 0.3) is 0 Å². The lowest BCUT2D eigenvalue weighted by Crippen LogP contribution is -2.55. The maximum Gasteiger partial charge on any atom is 0.222 e. The van der Waals surface area contributed by atoms with Crippen LogP contribution in [0.1, 0.15) is 49.3 Å². The normalized spacial score (nSPS) is 22.1. The Labute approximate surface area is 162 Å². The second-order valence-corrected chi connectivity index (χ2v) is 8.63. The van der Waals surface area contributed by atoms with Crippen LogP contribution >= 0.6 is 0 Å². The lowest BCUT2D eigenvalue weighted by molar-refractivity contribution is -0.142. The molecule has 0 saturated carbocycles. The first-order chi connectivity index (χ1) is 12.8. The van der Waals surface area contributed by atoms with Crippen LogP contribution in [0.15, 0.2) is 18.2 Å². The number of piperidine rings is 2. The Morgan fingerprint density at radius 1 is 1.11 bits per heavy atom. The summed E-state index contributed by atoms with van der Waals surface area (Å²) in [5.74, 6) is 0.240. The number of aliphatic hydroxyl groups is 1. The van der Waals surface area contributed by atoms with Gasteiger partial charge in [0, 0.05) is 39.5 Å². The van der Waals surface area contributed by atoms with E-state index < -0.39 is 6.10 Å². The number of β-amino-alcohol motifs (C(OH)–C–C–N with tert-alkyl or cyclic N) is 1. The molecule has 1 aromatic carbocycles. The number of hydrogen-bond donors (Lipinski definition) is 1. The van der Waals surface area contributed by atoms with Crippen molar-refractivity contribution in [2.24, 2.45) is 5.41 Å². The van der Waals surface area contributed by atoms with Gasteiger partial charge in [0.1, 0.15) is 0 Å². The van der Waals surface area contributed by atoms with E-state index in [2.05, 4.69) is 32.0 Å². The lowest BCUT2D eigenvalue weighted by Gasteiger charge is -2.49. The highest BCUT2D eigenvalue weighted by atomic mass is 16.3. The van der Waals surface area contributed by atoms with E-state index in [1.54, 1.807) is 11.8 Å². The molecule has 1 aromatic rings. The van der Waals surface area contributed by atoms with Crippen molar-refractivity contribution in [2.45, 2.75) is 59.0 Å². The second kappa shape index (κ2) is 8.01. The summed E-state index contributed by atoms with van der Waals surface area (Å²) in [7, 11) is 0. The van der Waals surface area contributed by atoms with Crippen LogP contribution in [0.5, 0.6) is 0 Å². The molecule has 0 aromatic heterocycles. The number of nitrogens with zero attached hydrogens (tertiary/aromatic N) is 2. The van der Waals surface area contributed by atoms with E-state index in [-0.39, 0.29) is 17.2 Å². The van der Waals surface area contributed by atoms with Gasteiger partial charge in [-0.05, 0) is 50.5 Å². The summed E-state index contributed by atoms with van der Waals surface area (Å²) < 4.78 is 0. The Morgan fingerprint density at radius 3 is 2.33 bits per heavy atom. The second-order valence-electron chi connectivity index (χ2n) is 8.63. The van der Waals surface area contributed by atoms with Crippen molar-refractivity contribution in [1.82, 2.24) is 9.80 Å². The van der Waals surface area contributed by atoms with E-state index in [4.69, 9.17) is 0 Å². The molecule has 2 fully saturated rings. The summed E-state index contributed by atoms with van der Waals surface area (Å²) in [6.07, 6.45) is 3.33. The minimum atomic E-state index is -0.450. The molecule has 1 unspecified atom stereocenters. The van der Waals surface area contributed by atoms with Gasteiger partial charge in [0.15, 0.2) is 0 Å². The van der Waals surface area contributed by atoms with Gasteiger partial charge in [0.2, 0.25) is 11.8 Å². The third-order valence-electron chi connectivity index (χ3n) is 6.16. The van der Waals surface area contributed by atoms with Crippen LogP contribution in [-0.4, -0.2) is 59.0 Å². The van der Waals surface area contributed by atoms with Crippen LogP contribution in [0.3, 0.4) is 0 Å². The molecule has 27 heavy (non-hydrogen) atoms. The molecule has 1 N–H and O–H groups in total. The largest absolute Gasteiger partial charge is 0.391 e. The number of hydrogen-bond acceptors (Lipinski definition) is 3. The monoisotopic (exact) mass is 372 g/mol. The highest BCUT2D eigenvalue weighted by molar-refractivity contribution is 5.76. The molecule has 2 amide bonds. The lowest BCUT2D eigenvalue weighted by atomic mass is 9.71. The smallest absolute Gasteiger partial charge is 0.222 e. The molecule has 5 nitrogen and oxygen atoms in total. The van der Waals surface area contributed by atoms with Crippen LogP contribution in [0.2, 0.25) is 0 Å². The molecule has 0 bridgehead atoms. The number of benzene rings is 1. The molecule has 2 saturated heterocycles. The number of rotatable bonds is 3. The zero-order valence-corrected chi connectivity index (χ0v) is 16.8. The molecule has 5 heteroatoms. The van der Waals surface area contributed by atoms with E-state index in [0.717, 1.165) is 38.8 Å². The van der Waals surface area contributed by atoms with Gasteiger partial charge in [-0.15, -0.1) is 0 Å². The van der Waals surface area contributed by atoms with Crippen molar-refractivity contribution in [2.75, 3.05) is 26.2 Å². The summed E-state index contributed by atoms with van der Waals surface area (Å²) in [6.45, 7) is 8.35. The molecule has 1 spiro atoms. The number of amides is 2. The predicted octanol–water partition coefficient (Wildman–Crippen LogP) is 2.46. The van der Waals surface area contributed by atoms with Gasteiger partial charge in [0.05, 0.1) is 6.10 Å². The van der Waals surface area contributed by atoms with Crippen molar-refractivity contribution < 1.29 is 14.7 Å². The molecular weight excluding hydrogens is 340 g/mol. The Bertz CT molecular complexity index is 687. The van der Waals surface area contributed by atoms with Crippen molar-refractivity contribution in [3.63, 3.8) is 0 Å². The molecular formula is C22H32N2O3. The van der Waals surface area contributed by atoms with E-state index in [1.807, 2.05) is 4.90 Å². The standard InChI is InChI=1S/C22H32N2O3/c1-16-10-17(2)12-19(11-16)4-5-21(27)23-8-6-22(7-9-23)13-20(26)14-24(15-22)18(3)25/h10-12,20,26H,4-9,13-15H2,1-3H3. The Morgan fingerprint density at radius 2 is 1.74 bits per heavy atom. The molecule has 2 aliphatic rings. The van der Waals surface area contributed by atoms with Crippen LogP contribution in [-0.2, 0) is 16.0 Å². The Hall–Kier alpha value is -1.88. The Balaban J connectivity index is 1.53. The van der Waals surface area contributed by atoms with Gasteiger partial charge in [-0.3, -0.25) is 9.59 Å². The van der Waals surface area contributed by atoms with Crippen molar-refractivity contribution in [3.05, 3.63) is 34.9 Å². The molecule has 148 valence electrons. The molecule has 0 radical (unpaired) electrons. The summed E-state index contributed by atoms with van der Waals surface area (Å²) in [4.78, 5) is 28.2. The van der Waals surface area contributed by atoms with Crippen molar-refractivity contribution in [3.8, 4) is 0 Å². The molecule has 0 aliphatic carbocycles. The number of carbonyl (C=O) groups is 2. The topological polar surface area (TPSA) is 60.9 Å². The fourth-order valence-electron chi connectivity index (χ4n) is 4.81. The highest BCUT2D eigenvalue weighted by Crippen LogP contribution is 2.40. The molecule has 2 heterocycles. The molecule has 2 aliphatic heterocycles. The zero-order valence-electron chi connectivity index (χ0n) is 16.8. The summed E-state index contributed by atoms with van der Waals surface area (Å²) >= 11 is 0. The first-order valence-corrected chi connectivity index (χ1v) is 10.0.